The van der Waals surface area contributed by atoms with Gasteiger partial charge in [0.2, 0.25) is 0 Å². The number of unbranched alkanes of at least 4 members (excludes halogenated alkanes) is 2. The first-order chi connectivity index (χ1) is 21.6. The highest BCUT2D eigenvalue weighted by Gasteiger charge is 2.61. The number of rotatable bonds is 14. The van der Waals surface area contributed by atoms with Gasteiger partial charge in [-0.05, 0) is 28.7 Å². The molecular weight excluding hydrogens is 547 g/mol. The number of ether oxygens (including phenoxy) is 2. The Labute approximate surface area is 262 Å². The number of methoxy groups -OCH3 is 2. The van der Waals surface area contributed by atoms with Crippen molar-refractivity contribution in [3.8, 4) is 0 Å². The van der Waals surface area contributed by atoms with Crippen molar-refractivity contribution in [2.75, 3.05) is 14.2 Å². The predicted molar refractivity (Wildman–Crippen MR) is 176 cm³/mol. The molecule has 1 N–H and O–H groups in total. The second kappa shape index (κ2) is 15.0. The molecule has 0 amide bonds. The summed E-state index contributed by atoms with van der Waals surface area (Å²) in [5.74, 6) is 1.83. The van der Waals surface area contributed by atoms with E-state index in [-0.39, 0.29) is 0 Å². The Hall–Kier alpha value is -3.52. The minimum Gasteiger partial charge on any atom is -0.398 e. The van der Waals surface area contributed by atoms with Crippen LogP contribution in [0.3, 0.4) is 0 Å². The van der Waals surface area contributed by atoms with E-state index in [1.54, 1.807) is 20.3 Å². The lowest BCUT2D eigenvalue weighted by Crippen LogP contribution is -2.56. The molecule has 1 saturated heterocycles. The monoisotopic (exact) mass is 590 g/mol. The van der Waals surface area contributed by atoms with Crippen molar-refractivity contribution in [1.82, 2.24) is 0 Å². The van der Waals surface area contributed by atoms with Crippen LogP contribution in [0.15, 0.2) is 133 Å². The molecule has 1 aliphatic rings. The summed E-state index contributed by atoms with van der Waals surface area (Å²) in [6.45, 7) is 2.16. The van der Waals surface area contributed by atoms with Crippen molar-refractivity contribution in [3.05, 3.63) is 156 Å². The van der Waals surface area contributed by atoms with Gasteiger partial charge < -0.3 is 23.9 Å². The van der Waals surface area contributed by atoms with Crippen molar-refractivity contribution in [3.63, 3.8) is 0 Å². The van der Waals surface area contributed by atoms with Crippen LogP contribution in [0, 0.1) is 0 Å². The van der Waals surface area contributed by atoms with E-state index >= 15 is 0 Å². The van der Waals surface area contributed by atoms with E-state index in [1.165, 1.54) is 0 Å². The second-order valence-corrected chi connectivity index (χ2v) is 11.3. The molecule has 0 spiro atoms. The molecule has 0 radical (unpaired) electrons. The van der Waals surface area contributed by atoms with E-state index in [0.717, 1.165) is 41.5 Å². The van der Waals surface area contributed by atoms with Crippen LogP contribution in [-0.4, -0.2) is 44.8 Å². The van der Waals surface area contributed by atoms with Crippen LogP contribution < -0.4 is 0 Å². The molecule has 6 heteroatoms. The van der Waals surface area contributed by atoms with Crippen molar-refractivity contribution < 1.29 is 23.9 Å². The van der Waals surface area contributed by atoms with Crippen LogP contribution >= 0.6 is 0 Å². The van der Waals surface area contributed by atoms with E-state index < -0.39 is 36.6 Å². The van der Waals surface area contributed by atoms with Crippen LogP contribution in [0.4, 0.5) is 0 Å². The average Bonchev–Trinajstić information content (AvgIpc) is 3.52. The first-order valence-electron chi connectivity index (χ1n) is 15.6. The molecule has 228 valence electrons. The highest BCUT2D eigenvalue weighted by atomic mass is 16.7. The second-order valence-electron chi connectivity index (χ2n) is 11.3. The predicted octanol–water partition coefficient (Wildman–Crippen LogP) is 7.48. The topological polar surface area (TPSA) is 57.2 Å². The highest BCUT2D eigenvalue weighted by molar-refractivity contribution is 6.51. The van der Waals surface area contributed by atoms with Gasteiger partial charge >= 0.3 is 7.12 Å². The SMILES string of the molecule is CCCCC[C@@H](O)/C=C/B1O[C@@H](C(OC)(c2ccccc2)c2ccccc2)[C@H](C(OC)(c2ccccc2)c2ccccc2)O1. The Morgan fingerprint density at radius 3 is 1.34 bits per heavy atom. The van der Waals surface area contributed by atoms with Gasteiger partial charge in [-0.25, -0.2) is 0 Å². The molecule has 44 heavy (non-hydrogen) atoms. The molecule has 1 aliphatic heterocycles. The molecule has 0 aromatic heterocycles. The largest absolute Gasteiger partial charge is 0.486 e. The maximum atomic E-state index is 10.7. The van der Waals surface area contributed by atoms with E-state index in [2.05, 4.69) is 55.5 Å². The molecule has 0 saturated carbocycles. The number of hydrogen-bond acceptors (Lipinski definition) is 5. The standard InChI is InChI=1S/C38H43BO5/c1-4-5-10-27-34(40)28-29-39-43-35(37(41-2,30-19-11-6-12-20-30)31-21-13-7-14-22-31)36(44-39)38(42-3,32-23-15-8-16-24-32)33-25-17-9-18-26-33/h6-9,11-26,28-29,34-36,40H,4-5,10,27H2,1-3H3/b29-28+/t34-,35-,36-/m1/s1. The fourth-order valence-electron chi connectivity index (χ4n) is 6.53. The van der Waals surface area contributed by atoms with Crippen LogP contribution in [0.5, 0.6) is 0 Å². The Kier molecular flexibility index (Phi) is 10.9. The van der Waals surface area contributed by atoms with Gasteiger partial charge in [0.25, 0.3) is 0 Å². The molecule has 0 unspecified atom stereocenters. The summed E-state index contributed by atoms with van der Waals surface area (Å²) in [5, 5.41) is 10.7. The van der Waals surface area contributed by atoms with Crippen LogP contribution in [0.25, 0.3) is 0 Å². The average molecular weight is 591 g/mol. The summed E-state index contributed by atoms with van der Waals surface area (Å²) in [6.07, 6.45) is 3.69. The van der Waals surface area contributed by atoms with Gasteiger partial charge in [0.05, 0.1) is 6.10 Å². The van der Waals surface area contributed by atoms with Gasteiger partial charge in [-0.3, -0.25) is 0 Å². The highest BCUT2D eigenvalue weighted by Crippen LogP contribution is 2.50. The van der Waals surface area contributed by atoms with Crippen molar-refractivity contribution in [2.24, 2.45) is 0 Å². The number of benzene rings is 4. The van der Waals surface area contributed by atoms with Gasteiger partial charge in [-0.2, -0.15) is 0 Å². The summed E-state index contributed by atoms with van der Waals surface area (Å²) in [4.78, 5) is 0. The first-order valence-corrected chi connectivity index (χ1v) is 15.6. The Balaban J connectivity index is 1.71. The lowest BCUT2D eigenvalue weighted by atomic mass is 9.71. The van der Waals surface area contributed by atoms with E-state index in [0.29, 0.717) is 6.42 Å². The van der Waals surface area contributed by atoms with Crippen molar-refractivity contribution in [2.45, 2.75) is 62.1 Å². The Morgan fingerprint density at radius 1 is 0.659 bits per heavy atom. The maximum absolute atomic E-state index is 10.7. The molecule has 3 atom stereocenters. The van der Waals surface area contributed by atoms with Crippen molar-refractivity contribution >= 4 is 7.12 Å². The van der Waals surface area contributed by atoms with Gasteiger partial charge in [0.1, 0.15) is 23.4 Å². The number of aliphatic hydroxyl groups excluding tert-OH is 1. The fraction of sp³-hybridized carbons (Fsp3) is 0.316. The van der Waals surface area contributed by atoms with E-state index in [4.69, 9.17) is 18.8 Å². The third kappa shape index (κ3) is 6.32. The minimum atomic E-state index is -1.07. The van der Waals surface area contributed by atoms with Gasteiger partial charge in [0.15, 0.2) is 0 Å². The third-order valence-electron chi connectivity index (χ3n) is 8.69. The Bertz CT molecular complexity index is 1250. The van der Waals surface area contributed by atoms with E-state index in [9.17, 15) is 5.11 Å². The first kappa shape index (κ1) is 31.9. The quantitative estimate of drug-likeness (QED) is 0.122. The third-order valence-corrected chi connectivity index (χ3v) is 8.69. The minimum absolute atomic E-state index is 0.586. The molecule has 4 aromatic carbocycles. The van der Waals surface area contributed by atoms with Crippen LogP contribution in [0.1, 0.15) is 54.9 Å². The zero-order valence-corrected chi connectivity index (χ0v) is 25.9. The fourth-order valence-corrected chi connectivity index (χ4v) is 6.53. The lowest BCUT2D eigenvalue weighted by Gasteiger charge is -2.46. The number of aliphatic hydroxyl groups is 1. The molecule has 5 rings (SSSR count). The zero-order valence-electron chi connectivity index (χ0n) is 25.9. The Morgan fingerprint density at radius 2 is 1.02 bits per heavy atom. The summed E-state index contributed by atoms with van der Waals surface area (Å²) in [6, 6.07) is 40.6. The molecule has 0 aliphatic carbocycles. The van der Waals surface area contributed by atoms with Gasteiger partial charge in [-0.1, -0.05) is 160 Å². The summed E-state index contributed by atoms with van der Waals surface area (Å²) >= 11 is 0. The summed E-state index contributed by atoms with van der Waals surface area (Å²) in [5.41, 5.74) is 1.60. The molecule has 0 bridgehead atoms. The lowest BCUT2D eigenvalue weighted by molar-refractivity contribution is -0.136. The summed E-state index contributed by atoms with van der Waals surface area (Å²) in [7, 11) is 2.69. The van der Waals surface area contributed by atoms with Crippen molar-refractivity contribution in [1.29, 1.82) is 0 Å². The normalized spacial score (nSPS) is 18.1. The molecule has 4 aromatic rings. The number of hydrogen-bond donors (Lipinski definition) is 1. The van der Waals surface area contributed by atoms with E-state index in [1.807, 2.05) is 78.8 Å². The van der Waals surface area contributed by atoms with Crippen LogP contribution in [0.2, 0.25) is 0 Å². The molecule has 1 fully saturated rings. The van der Waals surface area contributed by atoms with Gasteiger partial charge in [0, 0.05) is 14.2 Å². The zero-order chi connectivity index (χ0) is 30.8. The summed E-state index contributed by atoms with van der Waals surface area (Å²) < 4.78 is 27.2. The smallest absolute Gasteiger partial charge is 0.398 e. The van der Waals surface area contributed by atoms with Gasteiger partial charge in [-0.15, -0.1) is 0 Å². The van der Waals surface area contributed by atoms with Crippen LogP contribution in [-0.2, 0) is 30.0 Å². The molecule has 5 nitrogen and oxygen atoms in total. The molecule has 1 heterocycles. The molecular formula is C38H43BO5. The maximum Gasteiger partial charge on any atom is 0.486 e.